The molecule has 0 saturated carbocycles. The standard InChI is InChI=1S/C8H16F2N2/c1-7-5-12(6-8(9)10)4-3-11(7)2/h7-8H,3-6H2,1-2H3/t7-/m0/s1. The number of rotatable bonds is 2. The second kappa shape index (κ2) is 4.14. The molecule has 72 valence electrons. The van der Waals surface area contributed by atoms with Gasteiger partial charge in [0.25, 0.3) is 6.43 Å². The van der Waals surface area contributed by atoms with Crippen LogP contribution in [0.3, 0.4) is 0 Å². The highest BCUT2D eigenvalue weighted by Gasteiger charge is 2.22. The summed E-state index contributed by atoms with van der Waals surface area (Å²) >= 11 is 0. The maximum atomic E-state index is 12.0. The molecule has 0 aromatic rings. The summed E-state index contributed by atoms with van der Waals surface area (Å²) in [5.74, 6) is 0. The lowest BCUT2D eigenvalue weighted by Crippen LogP contribution is -2.51. The van der Waals surface area contributed by atoms with Crippen molar-refractivity contribution in [1.82, 2.24) is 9.80 Å². The van der Waals surface area contributed by atoms with Gasteiger partial charge in [0.15, 0.2) is 0 Å². The summed E-state index contributed by atoms with van der Waals surface area (Å²) in [6.07, 6.45) is -2.19. The van der Waals surface area contributed by atoms with E-state index in [9.17, 15) is 8.78 Å². The van der Waals surface area contributed by atoms with Crippen LogP contribution in [0.4, 0.5) is 8.78 Å². The molecule has 0 N–H and O–H groups in total. The Hall–Kier alpha value is -0.220. The molecule has 0 aromatic heterocycles. The van der Waals surface area contributed by atoms with Gasteiger partial charge in [-0.05, 0) is 14.0 Å². The van der Waals surface area contributed by atoms with Crippen molar-refractivity contribution in [3.8, 4) is 0 Å². The molecule has 1 aliphatic heterocycles. The fourth-order valence-electron chi connectivity index (χ4n) is 1.48. The van der Waals surface area contributed by atoms with E-state index in [1.165, 1.54) is 0 Å². The predicted molar refractivity (Wildman–Crippen MR) is 44.5 cm³/mol. The Balaban J connectivity index is 2.30. The van der Waals surface area contributed by atoms with Crippen LogP contribution in [0.15, 0.2) is 0 Å². The molecule has 1 atom stereocenters. The Bertz CT molecular complexity index is 141. The van der Waals surface area contributed by atoms with Crippen LogP contribution in [0, 0.1) is 0 Å². The molecule has 1 fully saturated rings. The summed E-state index contributed by atoms with van der Waals surface area (Å²) in [5.41, 5.74) is 0. The molecule has 0 aromatic carbocycles. The number of hydrogen-bond acceptors (Lipinski definition) is 2. The number of nitrogens with zero attached hydrogens (tertiary/aromatic N) is 2. The normalized spacial score (nSPS) is 28.2. The van der Waals surface area contributed by atoms with E-state index in [0.717, 1.165) is 19.6 Å². The van der Waals surface area contributed by atoms with Crippen molar-refractivity contribution < 1.29 is 8.78 Å². The van der Waals surface area contributed by atoms with Gasteiger partial charge in [-0.15, -0.1) is 0 Å². The highest BCUT2D eigenvalue weighted by molar-refractivity contribution is 4.76. The van der Waals surface area contributed by atoms with Gasteiger partial charge in [0, 0.05) is 25.7 Å². The van der Waals surface area contributed by atoms with E-state index in [0.29, 0.717) is 6.04 Å². The molecule has 0 amide bonds. The third kappa shape index (κ3) is 2.68. The zero-order valence-corrected chi connectivity index (χ0v) is 7.63. The second-order valence-electron chi connectivity index (χ2n) is 3.48. The predicted octanol–water partition coefficient (Wildman–Crippen LogP) is 0.887. The van der Waals surface area contributed by atoms with Gasteiger partial charge in [0.2, 0.25) is 0 Å². The molecule has 0 spiro atoms. The Kier molecular flexibility index (Phi) is 3.40. The van der Waals surface area contributed by atoms with E-state index >= 15 is 0 Å². The molecule has 1 aliphatic rings. The monoisotopic (exact) mass is 178 g/mol. The van der Waals surface area contributed by atoms with E-state index in [2.05, 4.69) is 11.8 Å². The minimum atomic E-state index is -2.19. The molecule has 1 rings (SSSR count). The Morgan fingerprint density at radius 1 is 1.42 bits per heavy atom. The smallest absolute Gasteiger partial charge is 0.251 e. The lowest BCUT2D eigenvalue weighted by atomic mass is 10.2. The SMILES string of the molecule is C[C@H]1CN(CC(F)F)CCN1C. The molecule has 1 saturated heterocycles. The molecule has 1 heterocycles. The van der Waals surface area contributed by atoms with E-state index in [1.54, 1.807) is 0 Å². The molecular weight excluding hydrogens is 162 g/mol. The first-order valence-electron chi connectivity index (χ1n) is 4.30. The van der Waals surface area contributed by atoms with Gasteiger partial charge in [0.1, 0.15) is 0 Å². The first-order valence-corrected chi connectivity index (χ1v) is 4.30. The average molecular weight is 178 g/mol. The zero-order valence-electron chi connectivity index (χ0n) is 7.63. The van der Waals surface area contributed by atoms with Crippen LogP contribution in [0.2, 0.25) is 0 Å². The van der Waals surface area contributed by atoms with Crippen LogP contribution in [0.5, 0.6) is 0 Å². The largest absolute Gasteiger partial charge is 0.301 e. The first-order chi connectivity index (χ1) is 5.59. The maximum absolute atomic E-state index is 12.0. The molecule has 12 heavy (non-hydrogen) atoms. The highest BCUT2D eigenvalue weighted by Crippen LogP contribution is 2.08. The minimum Gasteiger partial charge on any atom is -0.301 e. The van der Waals surface area contributed by atoms with Gasteiger partial charge in [-0.1, -0.05) is 0 Å². The van der Waals surface area contributed by atoms with Crippen molar-refractivity contribution in [2.75, 3.05) is 33.2 Å². The number of piperazine rings is 1. The molecule has 0 radical (unpaired) electrons. The van der Waals surface area contributed by atoms with Gasteiger partial charge in [-0.25, -0.2) is 8.78 Å². The van der Waals surface area contributed by atoms with Crippen molar-refractivity contribution >= 4 is 0 Å². The second-order valence-corrected chi connectivity index (χ2v) is 3.48. The summed E-state index contributed by atoms with van der Waals surface area (Å²) in [5, 5.41) is 0. The van der Waals surface area contributed by atoms with Crippen molar-refractivity contribution in [2.24, 2.45) is 0 Å². The number of alkyl halides is 2. The Labute approximate surface area is 72.1 Å². The topological polar surface area (TPSA) is 6.48 Å². The Morgan fingerprint density at radius 3 is 2.58 bits per heavy atom. The van der Waals surface area contributed by atoms with Gasteiger partial charge in [0.05, 0.1) is 6.54 Å². The van der Waals surface area contributed by atoms with Crippen LogP contribution >= 0.6 is 0 Å². The summed E-state index contributed by atoms with van der Waals surface area (Å²) < 4.78 is 24.0. The van der Waals surface area contributed by atoms with Gasteiger partial charge in [-0.2, -0.15) is 0 Å². The fraction of sp³-hybridized carbons (Fsp3) is 1.00. The summed E-state index contributed by atoms with van der Waals surface area (Å²) in [6, 6.07) is 0.400. The van der Waals surface area contributed by atoms with E-state index in [1.807, 2.05) is 11.9 Å². The maximum Gasteiger partial charge on any atom is 0.251 e. The first kappa shape index (κ1) is 9.86. The fourth-order valence-corrected chi connectivity index (χ4v) is 1.48. The van der Waals surface area contributed by atoms with Crippen LogP contribution in [-0.4, -0.2) is 55.5 Å². The molecule has 0 bridgehead atoms. The van der Waals surface area contributed by atoms with E-state index in [4.69, 9.17) is 0 Å². The summed E-state index contributed by atoms with van der Waals surface area (Å²) in [4.78, 5) is 4.03. The quantitative estimate of drug-likeness (QED) is 0.619. The van der Waals surface area contributed by atoms with Crippen LogP contribution in [0.25, 0.3) is 0 Å². The van der Waals surface area contributed by atoms with Gasteiger partial charge >= 0.3 is 0 Å². The lowest BCUT2D eigenvalue weighted by Gasteiger charge is -2.37. The lowest BCUT2D eigenvalue weighted by molar-refractivity contribution is 0.0430. The molecule has 2 nitrogen and oxygen atoms in total. The zero-order chi connectivity index (χ0) is 9.14. The van der Waals surface area contributed by atoms with Gasteiger partial charge < -0.3 is 4.90 Å². The third-order valence-corrected chi connectivity index (χ3v) is 2.44. The van der Waals surface area contributed by atoms with Crippen molar-refractivity contribution in [1.29, 1.82) is 0 Å². The van der Waals surface area contributed by atoms with Crippen molar-refractivity contribution in [3.63, 3.8) is 0 Å². The Morgan fingerprint density at radius 2 is 2.08 bits per heavy atom. The number of halogens is 2. The number of hydrogen-bond donors (Lipinski definition) is 0. The molecule has 0 unspecified atom stereocenters. The molecular formula is C8H16F2N2. The molecule has 0 aliphatic carbocycles. The van der Waals surface area contributed by atoms with E-state index in [-0.39, 0.29) is 6.54 Å². The van der Waals surface area contributed by atoms with E-state index < -0.39 is 6.43 Å². The molecule has 4 heteroatoms. The summed E-state index contributed by atoms with van der Waals surface area (Å²) in [7, 11) is 2.03. The number of likely N-dealkylation sites (N-methyl/N-ethyl adjacent to an activating group) is 1. The third-order valence-electron chi connectivity index (χ3n) is 2.44. The van der Waals surface area contributed by atoms with Crippen molar-refractivity contribution in [3.05, 3.63) is 0 Å². The minimum absolute atomic E-state index is 0.0713. The van der Waals surface area contributed by atoms with Crippen LogP contribution in [-0.2, 0) is 0 Å². The van der Waals surface area contributed by atoms with Crippen LogP contribution in [0.1, 0.15) is 6.92 Å². The van der Waals surface area contributed by atoms with Crippen molar-refractivity contribution in [2.45, 2.75) is 19.4 Å². The summed E-state index contributed by atoms with van der Waals surface area (Å²) in [6.45, 7) is 4.43. The van der Waals surface area contributed by atoms with Gasteiger partial charge in [-0.3, -0.25) is 4.90 Å². The average Bonchev–Trinajstić information content (AvgIpc) is 1.96. The van der Waals surface area contributed by atoms with Crippen LogP contribution < -0.4 is 0 Å². The highest BCUT2D eigenvalue weighted by atomic mass is 19.3.